The van der Waals surface area contributed by atoms with Crippen LogP contribution in [0.25, 0.3) is 11.3 Å². The van der Waals surface area contributed by atoms with E-state index in [4.69, 9.17) is 14.2 Å². The maximum absolute atomic E-state index is 5.67. The van der Waals surface area contributed by atoms with E-state index in [0.29, 0.717) is 45.5 Å². The molecule has 0 N–H and O–H groups in total. The van der Waals surface area contributed by atoms with E-state index in [9.17, 15) is 0 Å². The van der Waals surface area contributed by atoms with E-state index in [2.05, 4.69) is 47.3 Å². The molecule has 0 spiro atoms. The number of aryl methyl sites for hydroxylation is 1. The molecule has 4 rings (SSSR count). The van der Waals surface area contributed by atoms with Gasteiger partial charge in [-0.15, -0.1) is 5.10 Å². The van der Waals surface area contributed by atoms with Crippen LogP contribution in [0.3, 0.4) is 0 Å². The zero-order valence-electron chi connectivity index (χ0n) is 15.7. The largest absolute Gasteiger partial charge is 0.377 e. The molecule has 1 saturated heterocycles. The van der Waals surface area contributed by atoms with Crippen LogP contribution in [-0.4, -0.2) is 54.1 Å². The van der Waals surface area contributed by atoms with E-state index in [1.54, 1.807) is 0 Å². The van der Waals surface area contributed by atoms with Gasteiger partial charge in [0.25, 0.3) is 0 Å². The van der Waals surface area contributed by atoms with Crippen LogP contribution in [0.5, 0.6) is 0 Å². The van der Waals surface area contributed by atoms with Gasteiger partial charge in [0, 0.05) is 17.0 Å². The SMILES string of the molecule is Cc1cc(C#CC2CC2)ccc1-c1cn(CCOC[C@H]2COCCO2)nn1. The summed E-state index contributed by atoms with van der Waals surface area (Å²) in [5.41, 5.74) is 4.19. The molecule has 1 saturated carbocycles. The molecule has 1 aromatic heterocycles. The van der Waals surface area contributed by atoms with Gasteiger partial charge in [0.05, 0.1) is 45.8 Å². The molecule has 1 atom stereocenters. The van der Waals surface area contributed by atoms with Crippen molar-refractivity contribution >= 4 is 0 Å². The van der Waals surface area contributed by atoms with Crippen LogP contribution in [0.2, 0.25) is 0 Å². The normalized spacial score (nSPS) is 19.5. The molecular formula is C21H25N3O3. The Labute approximate surface area is 159 Å². The molecular weight excluding hydrogens is 342 g/mol. The van der Waals surface area contributed by atoms with Crippen LogP contribution in [0.1, 0.15) is 24.0 Å². The van der Waals surface area contributed by atoms with E-state index in [0.717, 1.165) is 22.4 Å². The Morgan fingerprint density at radius 2 is 2.22 bits per heavy atom. The van der Waals surface area contributed by atoms with Crippen molar-refractivity contribution < 1.29 is 14.2 Å². The van der Waals surface area contributed by atoms with Crippen molar-refractivity contribution in [1.82, 2.24) is 15.0 Å². The van der Waals surface area contributed by atoms with Crippen LogP contribution < -0.4 is 0 Å². The van der Waals surface area contributed by atoms with Gasteiger partial charge in [-0.3, -0.25) is 0 Å². The smallest absolute Gasteiger partial charge is 0.113 e. The minimum atomic E-state index is 0.0363. The number of benzene rings is 1. The van der Waals surface area contributed by atoms with E-state index < -0.39 is 0 Å². The number of nitrogens with zero attached hydrogens (tertiary/aromatic N) is 3. The minimum Gasteiger partial charge on any atom is -0.377 e. The number of hydrogen-bond donors (Lipinski definition) is 0. The summed E-state index contributed by atoms with van der Waals surface area (Å²) < 4.78 is 18.4. The Morgan fingerprint density at radius 3 is 3.00 bits per heavy atom. The zero-order chi connectivity index (χ0) is 18.5. The highest BCUT2D eigenvalue weighted by Crippen LogP contribution is 2.28. The highest BCUT2D eigenvalue weighted by molar-refractivity contribution is 5.64. The molecule has 2 fully saturated rings. The molecule has 1 aromatic carbocycles. The minimum absolute atomic E-state index is 0.0363. The Bertz CT molecular complexity index is 827. The van der Waals surface area contributed by atoms with Gasteiger partial charge < -0.3 is 14.2 Å². The van der Waals surface area contributed by atoms with Gasteiger partial charge in [0.1, 0.15) is 11.8 Å². The van der Waals surface area contributed by atoms with Crippen LogP contribution in [0.15, 0.2) is 24.4 Å². The molecule has 0 radical (unpaired) electrons. The summed E-state index contributed by atoms with van der Waals surface area (Å²) in [4.78, 5) is 0. The van der Waals surface area contributed by atoms with Gasteiger partial charge >= 0.3 is 0 Å². The molecule has 2 aromatic rings. The summed E-state index contributed by atoms with van der Waals surface area (Å²) in [5, 5.41) is 8.52. The van der Waals surface area contributed by atoms with Crippen LogP contribution in [0, 0.1) is 24.7 Å². The van der Waals surface area contributed by atoms with Gasteiger partial charge in [-0.25, -0.2) is 4.68 Å². The number of rotatable bonds is 6. The maximum atomic E-state index is 5.67. The number of aromatic nitrogens is 3. The first kappa shape index (κ1) is 18.2. The third-order valence-corrected chi connectivity index (χ3v) is 4.69. The van der Waals surface area contributed by atoms with Crippen molar-refractivity contribution in [2.75, 3.05) is 33.0 Å². The van der Waals surface area contributed by atoms with E-state index >= 15 is 0 Å². The third kappa shape index (κ3) is 5.16. The molecule has 6 heteroatoms. The Kier molecular flexibility index (Phi) is 5.83. The highest BCUT2D eigenvalue weighted by Gasteiger charge is 2.18. The van der Waals surface area contributed by atoms with E-state index in [1.807, 2.05) is 10.9 Å². The van der Waals surface area contributed by atoms with Crippen molar-refractivity contribution in [3.63, 3.8) is 0 Å². The first-order valence-corrected chi connectivity index (χ1v) is 9.58. The monoisotopic (exact) mass is 367 g/mol. The lowest BCUT2D eigenvalue weighted by molar-refractivity contribution is -0.115. The Morgan fingerprint density at radius 1 is 1.30 bits per heavy atom. The second kappa shape index (κ2) is 8.66. The molecule has 1 aliphatic carbocycles. The average Bonchev–Trinajstić information content (AvgIpc) is 3.41. The lowest BCUT2D eigenvalue weighted by Gasteiger charge is -2.22. The van der Waals surface area contributed by atoms with Crippen molar-refractivity contribution in [2.24, 2.45) is 5.92 Å². The third-order valence-electron chi connectivity index (χ3n) is 4.69. The molecule has 142 valence electrons. The van der Waals surface area contributed by atoms with Crippen LogP contribution in [-0.2, 0) is 20.8 Å². The predicted molar refractivity (Wildman–Crippen MR) is 101 cm³/mol. The summed E-state index contributed by atoms with van der Waals surface area (Å²) in [5.74, 6) is 7.18. The molecule has 27 heavy (non-hydrogen) atoms. The van der Waals surface area contributed by atoms with Crippen molar-refractivity contribution in [3.05, 3.63) is 35.5 Å². The Hall–Kier alpha value is -2.20. The van der Waals surface area contributed by atoms with Crippen molar-refractivity contribution in [3.8, 4) is 23.1 Å². The quantitative estimate of drug-likeness (QED) is 0.580. The number of ether oxygens (including phenoxy) is 3. The fraction of sp³-hybridized carbons (Fsp3) is 0.524. The summed E-state index contributed by atoms with van der Waals surface area (Å²) in [7, 11) is 0. The van der Waals surface area contributed by atoms with Gasteiger partial charge in [-0.05, 0) is 37.5 Å². The Balaban J connectivity index is 1.30. The number of hydrogen-bond acceptors (Lipinski definition) is 5. The van der Waals surface area contributed by atoms with Crippen LogP contribution in [0.4, 0.5) is 0 Å². The fourth-order valence-corrected chi connectivity index (χ4v) is 2.98. The summed E-state index contributed by atoms with van der Waals surface area (Å²) >= 11 is 0. The molecule has 1 aliphatic heterocycles. The van der Waals surface area contributed by atoms with E-state index in [1.165, 1.54) is 12.8 Å². The summed E-state index contributed by atoms with van der Waals surface area (Å²) in [6, 6.07) is 6.27. The van der Waals surface area contributed by atoms with Gasteiger partial charge in [0.15, 0.2) is 0 Å². The van der Waals surface area contributed by atoms with Crippen LogP contribution >= 0.6 is 0 Å². The van der Waals surface area contributed by atoms with Gasteiger partial charge in [-0.2, -0.15) is 0 Å². The molecule has 0 bridgehead atoms. The summed E-state index contributed by atoms with van der Waals surface area (Å²) in [6.45, 7) is 5.78. The van der Waals surface area contributed by atoms with Crippen molar-refractivity contribution in [1.29, 1.82) is 0 Å². The highest BCUT2D eigenvalue weighted by atomic mass is 16.6. The lowest BCUT2D eigenvalue weighted by atomic mass is 10.0. The lowest BCUT2D eigenvalue weighted by Crippen LogP contribution is -2.32. The van der Waals surface area contributed by atoms with E-state index in [-0.39, 0.29) is 6.10 Å². The molecule has 2 aliphatic rings. The molecule has 2 heterocycles. The van der Waals surface area contributed by atoms with Gasteiger partial charge in [-0.1, -0.05) is 23.1 Å². The molecule has 0 unspecified atom stereocenters. The first-order valence-electron chi connectivity index (χ1n) is 9.58. The second-order valence-electron chi connectivity index (χ2n) is 7.08. The van der Waals surface area contributed by atoms with Gasteiger partial charge in [0.2, 0.25) is 0 Å². The first-order chi connectivity index (χ1) is 13.3. The fourth-order valence-electron chi connectivity index (χ4n) is 2.98. The summed E-state index contributed by atoms with van der Waals surface area (Å²) in [6.07, 6.45) is 4.49. The second-order valence-corrected chi connectivity index (χ2v) is 7.08. The maximum Gasteiger partial charge on any atom is 0.113 e. The molecule has 0 amide bonds. The zero-order valence-corrected chi connectivity index (χ0v) is 15.7. The van der Waals surface area contributed by atoms with Crippen molar-refractivity contribution in [2.45, 2.75) is 32.4 Å². The topological polar surface area (TPSA) is 58.4 Å². The predicted octanol–water partition coefficient (Wildman–Crippen LogP) is 2.45. The average molecular weight is 367 g/mol. The standard InChI is InChI=1S/C21H25N3O3/c1-16-12-18(5-4-17-2-3-17)6-7-20(16)21-13-24(23-22-21)8-9-25-14-19-15-26-10-11-27-19/h6-7,12-13,17,19H,2-3,8-11,14-15H2,1H3/t19-/m0/s1. The molecule has 6 nitrogen and oxygen atoms in total.